The molecule has 1 aromatic rings. The molecule has 5 nitrogen and oxygen atoms in total. The van der Waals surface area contributed by atoms with Crippen molar-refractivity contribution in [3.05, 3.63) is 29.3 Å². The molecule has 110 valence electrons. The largest absolute Gasteiger partial charge is 0.468 e. The highest BCUT2D eigenvalue weighted by molar-refractivity contribution is 8.00. The van der Waals surface area contributed by atoms with E-state index in [1.54, 1.807) is 0 Å². The SMILES string of the molecule is COC(=O)C(N)CSCC(=O)Nc1cccc(C)c1C. The van der Waals surface area contributed by atoms with Crippen molar-refractivity contribution in [1.82, 2.24) is 0 Å². The zero-order chi connectivity index (χ0) is 15.1. The summed E-state index contributed by atoms with van der Waals surface area (Å²) in [5.74, 6) is 0.0264. The van der Waals surface area contributed by atoms with Crippen LogP contribution >= 0.6 is 11.8 Å². The van der Waals surface area contributed by atoms with Crippen LogP contribution in [0.3, 0.4) is 0 Å². The molecule has 3 N–H and O–H groups in total. The molecule has 0 fully saturated rings. The van der Waals surface area contributed by atoms with Gasteiger partial charge in [0, 0.05) is 11.4 Å². The molecule has 0 aliphatic carbocycles. The monoisotopic (exact) mass is 296 g/mol. The Morgan fingerprint density at radius 2 is 2.10 bits per heavy atom. The Bertz CT molecular complexity index is 491. The number of thioether (sulfide) groups is 1. The van der Waals surface area contributed by atoms with Gasteiger partial charge in [0.25, 0.3) is 0 Å². The van der Waals surface area contributed by atoms with Gasteiger partial charge in [-0.3, -0.25) is 9.59 Å². The molecule has 0 aliphatic heterocycles. The first kappa shape index (κ1) is 16.5. The molecule has 0 spiro atoms. The Morgan fingerprint density at radius 1 is 1.40 bits per heavy atom. The van der Waals surface area contributed by atoms with Gasteiger partial charge in [-0.15, -0.1) is 11.8 Å². The predicted molar refractivity (Wildman–Crippen MR) is 81.9 cm³/mol. The van der Waals surface area contributed by atoms with Gasteiger partial charge in [0.05, 0.1) is 12.9 Å². The lowest BCUT2D eigenvalue weighted by Crippen LogP contribution is -2.34. The smallest absolute Gasteiger partial charge is 0.323 e. The molecule has 1 atom stereocenters. The van der Waals surface area contributed by atoms with E-state index in [9.17, 15) is 9.59 Å². The summed E-state index contributed by atoms with van der Waals surface area (Å²) >= 11 is 1.30. The molecule has 0 aliphatic rings. The summed E-state index contributed by atoms with van der Waals surface area (Å²) in [6.45, 7) is 3.96. The van der Waals surface area contributed by atoms with Crippen LogP contribution in [0.4, 0.5) is 5.69 Å². The average molecular weight is 296 g/mol. The Kier molecular flexibility index (Phi) is 6.54. The van der Waals surface area contributed by atoms with E-state index >= 15 is 0 Å². The van der Waals surface area contributed by atoms with Crippen molar-refractivity contribution in [3.63, 3.8) is 0 Å². The summed E-state index contributed by atoms with van der Waals surface area (Å²) in [4.78, 5) is 22.9. The van der Waals surface area contributed by atoms with Gasteiger partial charge < -0.3 is 15.8 Å². The van der Waals surface area contributed by atoms with Crippen LogP contribution in [0, 0.1) is 13.8 Å². The van der Waals surface area contributed by atoms with Gasteiger partial charge in [0.1, 0.15) is 6.04 Å². The summed E-state index contributed by atoms with van der Waals surface area (Å²) in [6.07, 6.45) is 0. The lowest BCUT2D eigenvalue weighted by Gasteiger charge is -2.11. The number of aryl methyl sites for hydroxylation is 1. The van der Waals surface area contributed by atoms with Crippen molar-refractivity contribution in [2.75, 3.05) is 23.9 Å². The lowest BCUT2D eigenvalue weighted by atomic mass is 10.1. The van der Waals surface area contributed by atoms with Crippen LogP contribution in [0.5, 0.6) is 0 Å². The number of nitrogens with one attached hydrogen (secondary N) is 1. The van der Waals surface area contributed by atoms with Gasteiger partial charge in [0.15, 0.2) is 0 Å². The normalized spacial score (nSPS) is 11.8. The fourth-order valence-corrected chi connectivity index (χ4v) is 2.34. The third-order valence-corrected chi connectivity index (χ3v) is 3.97. The fraction of sp³-hybridized carbons (Fsp3) is 0.429. The number of nitrogens with two attached hydrogens (primary N) is 1. The molecule has 0 bridgehead atoms. The van der Waals surface area contributed by atoms with Crippen LogP contribution in [-0.4, -0.2) is 36.5 Å². The highest BCUT2D eigenvalue weighted by Gasteiger charge is 2.14. The number of anilines is 1. The third kappa shape index (κ3) is 4.86. The van der Waals surface area contributed by atoms with Crippen LogP contribution in [-0.2, 0) is 14.3 Å². The average Bonchev–Trinajstić information content (AvgIpc) is 2.42. The number of methoxy groups -OCH3 is 1. The zero-order valence-electron chi connectivity index (χ0n) is 11.9. The molecule has 1 amide bonds. The summed E-state index contributed by atoms with van der Waals surface area (Å²) < 4.78 is 4.52. The molecule has 20 heavy (non-hydrogen) atoms. The number of hydrogen-bond donors (Lipinski definition) is 2. The number of ether oxygens (including phenoxy) is 1. The summed E-state index contributed by atoms with van der Waals surface area (Å²) in [5.41, 5.74) is 8.58. The Morgan fingerprint density at radius 3 is 2.75 bits per heavy atom. The van der Waals surface area contributed by atoms with Crippen molar-refractivity contribution in [1.29, 1.82) is 0 Å². The van der Waals surface area contributed by atoms with E-state index in [2.05, 4.69) is 10.1 Å². The number of rotatable bonds is 6. The second kappa shape index (κ2) is 7.91. The van der Waals surface area contributed by atoms with Crippen LogP contribution in [0.2, 0.25) is 0 Å². The Labute approximate surface area is 123 Å². The standard InChI is InChI=1S/C14H20N2O3S/c1-9-5-4-6-12(10(9)2)16-13(17)8-20-7-11(15)14(18)19-3/h4-6,11H,7-8,15H2,1-3H3,(H,16,17). The molecule has 1 rings (SSSR count). The van der Waals surface area contributed by atoms with E-state index in [-0.39, 0.29) is 11.7 Å². The maximum absolute atomic E-state index is 11.8. The van der Waals surface area contributed by atoms with Gasteiger partial charge in [-0.05, 0) is 31.0 Å². The van der Waals surface area contributed by atoms with Crippen LogP contribution in [0.1, 0.15) is 11.1 Å². The number of esters is 1. The van der Waals surface area contributed by atoms with E-state index in [4.69, 9.17) is 5.73 Å². The number of amides is 1. The van der Waals surface area contributed by atoms with Crippen molar-refractivity contribution >= 4 is 29.3 Å². The zero-order valence-corrected chi connectivity index (χ0v) is 12.8. The Balaban J connectivity index is 2.41. The number of hydrogen-bond acceptors (Lipinski definition) is 5. The van der Waals surface area contributed by atoms with E-state index in [1.165, 1.54) is 18.9 Å². The quantitative estimate of drug-likeness (QED) is 0.777. The van der Waals surface area contributed by atoms with Crippen molar-refractivity contribution in [3.8, 4) is 0 Å². The molecule has 1 unspecified atom stereocenters. The van der Waals surface area contributed by atoms with Gasteiger partial charge in [-0.1, -0.05) is 12.1 Å². The maximum atomic E-state index is 11.8. The summed E-state index contributed by atoms with van der Waals surface area (Å²) in [5, 5.41) is 2.85. The van der Waals surface area contributed by atoms with E-state index in [0.717, 1.165) is 16.8 Å². The summed E-state index contributed by atoms with van der Waals surface area (Å²) in [7, 11) is 1.29. The first-order chi connectivity index (χ1) is 9.45. The fourth-order valence-electron chi connectivity index (χ4n) is 1.57. The third-order valence-electron chi connectivity index (χ3n) is 2.91. The molecule has 0 radical (unpaired) electrons. The van der Waals surface area contributed by atoms with Gasteiger partial charge >= 0.3 is 5.97 Å². The minimum atomic E-state index is -0.696. The molecule has 1 aromatic carbocycles. The molecule has 0 aromatic heterocycles. The van der Waals surface area contributed by atoms with Gasteiger partial charge in [0.2, 0.25) is 5.91 Å². The number of benzene rings is 1. The lowest BCUT2D eigenvalue weighted by molar-refractivity contribution is -0.141. The van der Waals surface area contributed by atoms with Crippen LogP contribution in [0.25, 0.3) is 0 Å². The predicted octanol–water partition coefficient (Wildman–Crippen LogP) is 1.48. The van der Waals surface area contributed by atoms with Crippen molar-refractivity contribution < 1.29 is 14.3 Å². The molecule has 6 heteroatoms. The number of carbonyl (C=O) groups excluding carboxylic acids is 2. The van der Waals surface area contributed by atoms with Gasteiger partial charge in [-0.2, -0.15) is 0 Å². The second-order valence-electron chi connectivity index (χ2n) is 4.44. The summed E-state index contributed by atoms with van der Waals surface area (Å²) in [6, 6.07) is 5.07. The van der Waals surface area contributed by atoms with Gasteiger partial charge in [-0.25, -0.2) is 0 Å². The van der Waals surface area contributed by atoms with E-state index < -0.39 is 12.0 Å². The van der Waals surface area contributed by atoms with E-state index in [1.807, 2.05) is 32.0 Å². The highest BCUT2D eigenvalue weighted by Crippen LogP contribution is 2.18. The highest BCUT2D eigenvalue weighted by atomic mass is 32.2. The second-order valence-corrected chi connectivity index (χ2v) is 5.47. The van der Waals surface area contributed by atoms with Crippen LogP contribution in [0.15, 0.2) is 18.2 Å². The molecule has 0 saturated heterocycles. The number of carbonyl (C=O) groups is 2. The maximum Gasteiger partial charge on any atom is 0.323 e. The molecule has 0 saturated carbocycles. The van der Waals surface area contributed by atoms with Crippen molar-refractivity contribution in [2.24, 2.45) is 5.73 Å². The molecule has 0 heterocycles. The minimum absolute atomic E-state index is 0.110. The first-order valence-electron chi connectivity index (χ1n) is 6.23. The molecular formula is C14H20N2O3S. The topological polar surface area (TPSA) is 81.4 Å². The molecular weight excluding hydrogens is 276 g/mol. The first-order valence-corrected chi connectivity index (χ1v) is 7.38. The minimum Gasteiger partial charge on any atom is -0.468 e. The van der Waals surface area contributed by atoms with E-state index in [0.29, 0.717) is 5.75 Å². The Hall–Kier alpha value is -1.53. The van der Waals surface area contributed by atoms with Crippen LogP contribution < -0.4 is 11.1 Å². The van der Waals surface area contributed by atoms with Crippen molar-refractivity contribution in [2.45, 2.75) is 19.9 Å².